The maximum Gasteiger partial charge on any atom is 0.128 e. The van der Waals surface area contributed by atoms with Gasteiger partial charge in [0.25, 0.3) is 0 Å². The van der Waals surface area contributed by atoms with Crippen molar-refractivity contribution in [2.45, 2.75) is 52.6 Å². The number of rotatable bonds is 6. The Morgan fingerprint density at radius 2 is 1.90 bits per heavy atom. The van der Waals surface area contributed by atoms with Gasteiger partial charge in [0.2, 0.25) is 0 Å². The lowest BCUT2D eigenvalue weighted by atomic mass is 10.00. The van der Waals surface area contributed by atoms with Crippen molar-refractivity contribution in [1.29, 1.82) is 0 Å². The quantitative estimate of drug-likeness (QED) is 0.883. The van der Waals surface area contributed by atoms with E-state index >= 15 is 0 Å². The van der Waals surface area contributed by atoms with Crippen molar-refractivity contribution in [3.05, 3.63) is 52.6 Å². The first-order chi connectivity index (χ1) is 10.1. The number of hydrogen-bond acceptors (Lipinski definition) is 2. The fraction of sp³-hybridized carbons (Fsp3) is 0.471. The molecule has 4 heteroatoms. The van der Waals surface area contributed by atoms with Crippen molar-refractivity contribution in [1.82, 2.24) is 9.78 Å². The van der Waals surface area contributed by atoms with Crippen molar-refractivity contribution in [2.75, 3.05) is 0 Å². The van der Waals surface area contributed by atoms with Gasteiger partial charge in [0.15, 0.2) is 0 Å². The highest BCUT2D eigenvalue weighted by Crippen LogP contribution is 2.25. The molecule has 1 atom stereocenters. The van der Waals surface area contributed by atoms with Crippen LogP contribution in [0.1, 0.15) is 55.7 Å². The summed E-state index contributed by atoms with van der Waals surface area (Å²) in [6.45, 7) is 6.72. The Balaban J connectivity index is 2.44. The number of nitrogens with zero attached hydrogens (tertiary/aromatic N) is 2. The van der Waals surface area contributed by atoms with Gasteiger partial charge in [-0.3, -0.25) is 4.68 Å². The van der Waals surface area contributed by atoms with E-state index in [1.54, 1.807) is 6.07 Å². The summed E-state index contributed by atoms with van der Waals surface area (Å²) in [5, 5.41) is 4.67. The van der Waals surface area contributed by atoms with E-state index in [1.807, 2.05) is 16.8 Å². The molecule has 2 aromatic rings. The van der Waals surface area contributed by atoms with Gasteiger partial charge in [-0.15, -0.1) is 0 Å². The number of aryl methyl sites for hydroxylation is 1. The molecule has 0 amide bonds. The Kier molecular flexibility index (Phi) is 5.12. The molecule has 0 bridgehead atoms. The van der Waals surface area contributed by atoms with Crippen LogP contribution < -0.4 is 5.73 Å². The fourth-order valence-corrected chi connectivity index (χ4v) is 2.75. The van der Waals surface area contributed by atoms with Crippen LogP contribution >= 0.6 is 0 Å². The van der Waals surface area contributed by atoms with Crippen LogP contribution in [0.3, 0.4) is 0 Å². The van der Waals surface area contributed by atoms with Gasteiger partial charge in [0.05, 0.1) is 12.2 Å². The van der Waals surface area contributed by atoms with Crippen LogP contribution in [0.15, 0.2) is 24.3 Å². The van der Waals surface area contributed by atoms with Gasteiger partial charge in [0, 0.05) is 22.9 Å². The number of aromatic nitrogens is 2. The molecule has 0 spiro atoms. The van der Waals surface area contributed by atoms with Crippen molar-refractivity contribution in [2.24, 2.45) is 5.73 Å². The predicted octanol–water partition coefficient (Wildman–Crippen LogP) is 3.61. The van der Waals surface area contributed by atoms with Crippen LogP contribution in [-0.4, -0.2) is 9.78 Å². The minimum atomic E-state index is -0.186. The minimum absolute atomic E-state index is 0.00395. The third-order valence-corrected chi connectivity index (χ3v) is 3.93. The van der Waals surface area contributed by atoms with Crippen LogP contribution in [0, 0.1) is 5.82 Å². The molecule has 2 rings (SSSR count). The number of benzene rings is 1. The zero-order valence-electron chi connectivity index (χ0n) is 13.1. The van der Waals surface area contributed by atoms with Crippen molar-refractivity contribution in [3.8, 4) is 0 Å². The second-order valence-electron chi connectivity index (χ2n) is 5.28. The molecule has 0 aliphatic heterocycles. The summed E-state index contributed by atoms with van der Waals surface area (Å²) in [6.07, 6.45) is 2.58. The van der Waals surface area contributed by atoms with E-state index in [2.05, 4.69) is 25.9 Å². The Bertz CT molecular complexity index is 604. The molecule has 0 aliphatic carbocycles. The second-order valence-corrected chi connectivity index (χ2v) is 5.28. The molecule has 114 valence electrons. The van der Waals surface area contributed by atoms with Crippen LogP contribution in [0.5, 0.6) is 0 Å². The molecule has 1 aromatic heterocycles. The average molecular weight is 289 g/mol. The summed E-state index contributed by atoms with van der Waals surface area (Å²) in [5.74, 6) is -0.186. The Hall–Kier alpha value is -1.68. The van der Waals surface area contributed by atoms with Crippen LogP contribution in [-0.2, 0) is 19.4 Å². The smallest absolute Gasteiger partial charge is 0.128 e. The average Bonchev–Trinajstić information content (AvgIpc) is 2.86. The van der Waals surface area contributed by atoms with E-state index in [9.17, 15) is 4.39 Å². The molecule has 21 heavy (non-hydrogen) atoms. The highest BCUT2D eigenvalue weighted by molar-refractivity contribution is 5.31. The minimum Gasteiger partial charge on any atom is -0.324 e. The molecular formula is C17H24FN3. The summed E-state index contributed by atoms with van der Waals surface area (Å²) < 4.78 is 15.8. The van der Waals surface area contributed by atoms with E-state index in [0.717, 1.165) is 36.2 Å². The van der Waals surface area contributed by atoms with E-state index in [-0.39, 0.29) is 11.9 Å². The van der Waals surface area contributed by atoms with Gasteiger partial charge in [-0.1, -0.05) is 39.0 Å². The lowest BCUT2D eigenvalue weighted by Gasteiger charge is -2.13. The van der Waals surface area contributed by atoms with Crippen LogP contribution in [0.4, 0.5) is 4.39 Å². The SMILES string of the molecule is CCc1nn(Cc2ccccc2F)c(CC)c1C(N)CC. The summed E-state index contributed by atoms with van der Waals surface area (Å²) in [5.41, 5.74) is 10.2. The molecular weight excluding hydrogens is 265 g/mol. The molecule has 0 aliphatic rings. The normalized spacial score (nSPS) is 12.6. The summed E-state index contributed by atoms with van der Waals surface area (Å²) in [6, 6.07) is 6.86. The molecule has 0 radical (unpaired) electrons. The largest absolute Gasteiger partial charge is 0.324 e. The van der Waals surface area contributed by atoms with E-state index in [0.29, 0.717) is 12.1 Å². The van der Waals surface area contributed by atoms with Gasteiger partial charge >= 0.3 is 0 Å². The zero-order chi connectivity index (χ0) is 15.4. The van der Waals surface area contributed by atoms with Crippen molar-refractivity contribution < 1.29 is 4.39 Å². The third kappa shape index (κ3) is 3.16. The maximum absolute atomic E-state index is 13.9. The number of nitrogens with two attached hydrogens (primary N) is 1. The Morgan fingerprint density at radius 3 is 2.48 bits per heavy atom. The Morgan fingerprint density at radius 1 is 1.19 bits per heavy atom. The lowest BCUT2D eigenvalue weighted by molar-refractivity contribution is 0.572. The first-order valence-electron chi connectivity index (χ1n) is 7.69. The van der Waals surface area contributed by atoms with E-state index < -0.39 is 0 Å². The van der Waals surface area contributed by atoms with Gasteiger partial charge in [-0.05, 0) is 25.3 Å². The standard InChI is InChI=1S/C17H24FN3/c1-4-14(19)17-15(5-2)20-21(16(17)6-3)11-12-9-7-8-10-13(12)18/h7-10,14H,4-6,11,19H2,1-3H3. The molecule has 3 nitrogen and oxygen atoms in total. The Labute approximate surface area is 126 Å². The summed E-state index contributed by atoms with van der Waals surface area (Å²) in [7, 11) is 0. The van der Waals surface area contributed by atoms with Crippen molar-refractivity contribution >= 4 is 0 Å². The monoisotopic (exact) mass is 289 g/mol. The first kappa shape index (κ1) is 15.7. The van der Waals surface area contributed by atoms with Crippen LogP contribution in [0.2, 0.25) is 0 Å². The van der Waals surface area contributed by atoms with E-state index in [1.165, 1.54) is 6.07 Å². The summed E-state index contributed by atoms with van der Waals surface area (Å²) >= 11 is 0. The van der Waals surface area contributed by atoms with Gasteiger partial charge in [0.1, 0.15) is 5.82 Å². The lowest BCUT2D eigenvalue weighted by Crippen LogP contribution is -2.13. The first-order valence-corrected chi connectivity index (χ1v) is 7.69. The van der Waals surface area contributed by atoms with Gasteiger partial charge in [-0.2, -0.15) is 5.10 Å². The molecule has 1 unspecified atom stereocenters. The molecule has 0 saturated heterocycles. The number of hydrogen-bond donors (Lipinski definition) is 1. The molecule has 2 N–H and O–H groups in total. The van der Waals surface area contributed by atoms with Crippen molar-refractivity contribution in [3.63, 3.8) is 0 Å². The topological polar surface area (TPSA) is 43.8 Å². The molecule has 0 fully saturated rings. The molecule has 1 heterocycles. The fourth-order valence-electron chi connectivity index (χ4n) is 2.75. The second kappa shape index (κ2) is 6.85. The number of halogens is 1. The third-order valence-electron chi connectivity index (χ3n) is 3.93. The summed E-state index contributed by atoms with van der Waals surface area (Å²) in [4.78, 5) is 0. The van der Waals surface area contributed by atoms with E-state index in [4.69, 9.17) is 5.73 Å². The van der Waals surface area contributed by atoms with Crippen LogP contribution in [0.25, 0.3) is 0 Å². The maximum atomic E-state index is 13.9. The predicted molar refractivity (Wildman–Crippen MR) is 83.7 cm³/mol. The molecule has 1 aromatic carbocycles. The zero-order valence-corrected chi connectivity index (χ0v) is 13.1. The van der Waals surface area contributed by atoms with Gasteiger partial charge in [-0.25, -0.2) is 4.39 Å². The van der Waals surface area contributed by atoms with Gasteiger partial charge < -0.3 is 5.73 Å². The highest BCUT2D eigenvalue weighted by atomic mass is 19.1. The highest BCUT2D eigenvalue weighted by Gasteiger charge is 2.20. The molecule has 0 saturated carbocycles.